The molecule has 0 atom stereocenters. The molecule has 2 rings (SSSR count). The molecule has 0 saturated heterocycles. The third kappa shape index (κ3) is 3.56. The Morgan fingerprint density at radius 1 is 1.15 bits per heavy atom. The van der Waals surface area contributed by atoms with Crippen molar-refractivity contribution < 1.29 is 9.53 Å². The van der Waals surface area contributed by atoms with Crippen molar-refractivity contribution in [3.63, 3.8) is 0 Å². The summed E-state index contributed by atoms with van der Waals surface area (Å²) in [6, 6.07) is 11.9. The number of amides is 1. The van der Waals surface area contributed by atoms with Gasteiger partial charge in [-0.1, -0.05) is 41.4 Å². The van der Waals surface area contributed by atoms with Gasteiger partial charge < -0.3 is 15.8 Å². The van der Waals surface area contributed by atoms with Crippen LogP contribution in [0.1, 0.15) is 0 Å². The number of anilines is 2. The first-order valence-corrected chi connectivity index (χ1v) is 6.54. The minimum absolute atomic E-state index is 0.186. The fourth-order valence-corrected chi connectivity index (χ4v) is 1.88. The van der Waals surface area contributed by atoms with Crippen molar-refractivity contribution in [2.24, 2.45) is 0 Å². The Hall–Kier alpha value is -1.91. The van der Waals surface area contributed by atoms with E-state index < -0.39 is 0 Å². The van der Waals surface area contributed by atoms with Crippen LogP contribution in [0.15, 0.2) is 42.5 Å². The number of para-hydroxylation sites is 2. The highest BCUT2D eigenvalue weighted by atomic mass is 35.5. The van der Waals surface area contributed by atoms with E-state index in [1.165, 1.54) is 0 Å². The van der Waals surface area contributed by atoms with Gasteiger partial charge in [-0.3, -0.25) is 4.79 Å². The summed E-state index contributed by atoms with van der Waals surface area (Å²) in [5.74, 6) is 0.0225. The maximum Gasteiger partial charge on any atom is 0.262 e. The van der Waals surface area contributed by atoms with Gasteiger partial charge >= 0.3 is 0 Å². The number of halogens is 2. The second-order valence-electron chi connectivity index (χ2n) is 3.98. The highest BCUT2D eigenvalue weighted by molar-refractivity contribution is 6.42. The van der Waals surface area contributed by atoms with Gasteiger partial charge in [0.05, 0.1) is 16.4 Å². The molecule has 20 heavy (non-hydrogen) atoms. The monoisotopic (exact) mass is 310 g/mol. The largest absolute Gasteiger partial charge is 0.482 e. The number of ether oxygens (including phenoxy) is 1. The van der Waals surface area contributed by atoms with Crippen molar-refractivity contribution in [3.05, 3.63) is 52.5 Å². The first-order chi connectivity index (χ1) is 9.58. The predicted molar refractivity (Wildman–Crippen MR) is 81.4 cm³/mol. The van der Waals surface area contributed by atoms with Gasteiger partial charge in [0.15, 0.2) is 6.61 Å². The zero-order valence-corrected chi connectivity index (χ0v) is 11.9. The number of rotatable bonds is 4. The SMILES string of the molecule is Nc1ccccc1NC(=O)COc1cccc(Cl)c1Cl. The molecule has 0 heterocycles. The molecule has 4 nitrogen and oxygen atoms in total. The molecule has 0 radical (unpaired) electrons. The van der Waals surface area contributed by atoms with Crippen LogP contribution in [-0.2, 0) is 4.79 Å². The molecule has 104 valence electrons. The summed E-state index contributed by atoms with van der Waals surface area (Å²) >= 11 is 11.8. The minimum Gasteiger partial charge on any atom is -0.482 e. The number of carbonyl (C=O) groups excluding carboxylic acids is 1. The second kappa shape index (κ2) is 6.50. The number of hydrogen-bond donors (Lipinski definition) is 2. The van der Waals surface area contributed by atoms with Crippen LogP contribution < -0.4 is 15.8 Å². The summed E-state index contributed by atoms with van der Waals surface area (Å²) in [5.41, 5.74) is 6.75. The van der Waals surface area contributed by atoms with E-state index in [1.807, 2.05) is 0 Å². The zero-order valence-electron chi connectivity index (χ0n) is 10.4. The molecule has 3 N–H and O–H groups in total. The summed E-state index contributed by atoms with van der Waals surface area (Å²) in [7, 11) is 0. The van der Waals surface area contributed by atoms with Crippen molar-refractivity contribution in [2.45, 2.75) is 0 Å². The van der Waals surface area contributed by atoms with E-state index in [0.29, 0.717) is 22.1 Å². The highest BCUT2D eigenvalue weighted by Gasteiger charge is 2.09. The number of nitrogens with two attached hydrogens (primary N) is 1. The van der Waals surface area contributed by atoms with Crippen LogP contribution >= 0.6 is 23.2 Å². The van der Waals surface area contributed by atoms with E-state index in [1.54, 1.807) is 42.5 Å². The van der Waals surface area contributed by atoms with E-state index in [9.17, 15) is 4.79 Å². The number of benzene rings is 2. The average molecular weight is 311 g/mol. The minimum atomic E-state index is -0.334. The predicted octanol–water partition coefficient (Wildman–Crippen LogP) is 3.59. The molecular formula is C14H12Cl2N2O2. The van der Waals surface area contributed by atoms with Gasteiger partial charge in [-0.05, 0) is 24.3 Å². The average Bonchev–Trinajstić information content (AvgIpc) is 2.43. The standard InChI is InChI=1S/C14H12Cl2N2O2/c15-9-4-3-7-12(14(9)16)20-8-13(19)18-11-6-2-1-5-10(11)17/h1-7H,8,17H2,(H,18,19). The Balaban J connectivity index is 1.96. The van der Waals surface area contributed by atoms with Crippen LogP contribution in [0.2, 0.25) is 10.0 Å². The van der Waals surface area contributed by atoms with Crippen LogP contribution in [-0.4, -0.2) is 12.5 Å². The molecule has 0 bridgehead atoms. The van der Waals surface area contributed by atoms with Crippen molar-refractivity contribution in [2.75, 3.05) is 17.7 Å². The number of hydrogen-bond acceptors (Lipinski definition) is 3. The quantitative estimate of drug-likeness (QED) is 0.848. The molecule has 0 saturated carbocycles. The van der Waals surface area contributed by atoms with Crippen molar-refractivity contribution in [1.82, 2.24) is 0 Å². The van der Waals surface area contributed by atoms with Gasteiger partial charge in [0.2, 0.25) is 0 Å². The topological polar surface area (TPSA) is 64.3 Å². The molecule has 0 aliphatic carbocycles. The van der Waals surface area contributed by atoms with E-state index >= 15 is 0 Å². The third-order valence-electron chi connectivity index (χ3n) is 2.51. The Kier molecular flexibility index (Phi) is 4.71. The maximum absolute atomic E-state index is 11.8. The van der Waals surface area contributed by atoms with Crippen LogP contribution in [0.5, 0.6) is 5.75 Å². The summed E-state index contributed by atoms with van der Waals surface area (Å²) < 4.78 is 5.32. The van der Waals surface area contributed by atoms with Gasteiger partial charge in [-0.15, -0.1) is 0 Å². The lowest BCUT2D eigenvalue weighted by molar-refractivity contribution is -0.118. The Morgan fingerprint density at radius 3 is 2.65 bits per heavy atom. The molecule has 0 unspecified atom stereocenters. The number of carbonyl (C=O) groups is 1. The first-order valence-electron chi connectivity index (χ1n) is 5.79. The van der Waals surface area contributed by atoms with Gasteiger partial charge in [-0.25, -0.2) is 0 Å². The lowest BCUT2D eigenvalue weighted by Crippen LogP contribution is -2.20. The fourth-order valence-electron chi connectivity index (χ4n) is 1.54. The lowest BCUT2D eigenvalue weighted by Gasteiger charge is -2.10. The molecule has 0 aliphatic rings. The van der Waals surface area contributed by atoms with Gasteiger partial charge in [0.1, 0.15) is 10.8 Å². The molecule has 2 aromatic rings. The summed E-state index contributed by atoms with van der Waals surface area (Å²) in [6.07, 6.45) is 0. The third-order valence-corrected chi connectivity index (χ3v) is 3.31. The molecule has 6 heteroatoms. The number of nitrogen functional groups attached to an aromatic ring is 1. The molecule has 2 aromatic carbocycles. The summed E-state index contributed by atoms with van der Waals surface area (Å²) in [5, 5.41) is 3.30. The molecule has 0 spiro atoms. The first kappa shape index (κ1) is 14.5. The van der Waals surface area contributed by atoms with Crippen molar-refractivity contribution in [3.8, 4) is 5.75 Å². The molecule has 0 aliphatic heterocycles. The lowest BCUT2D eigenvalue weighted by atomic mass is 10.3. The summed E-state index contributed by atoms with van der Waals surface area (Å²) in [4.78, 5) is 11.8. The maximum atomic E-state index is 11.8. The zero-order chi connectivity index (χ0) is 14.5. The fraction of sp³-hybridized carbons (Fsp3) is 0.0714. The Morgan fingerprint density at radius 2 is 1.90 bits per heavy atom. The Labute approximate surface area is 126 Å². The second-order valence-corrected chi connectivity index (χ2v) is 4.76. The molecule has 0 aromatic heterocycles. The number of nitrogens with one attached hydrogen (secondary N) is 1. The Bertz CT molecular complexity index is 632. The van der Waals surface area contributed by atoms with E-state index in [2.05, 4.69) is 5.32 Å². The van der Waals surface area contributed by atoms with Crippen LogP contribution in [0.3, 0.4) is 0 Å². The van der Waals surface area contributed by atoms with Crippen LogP contribution in [0, 0.1) is 0 Å². The van der Waals surface area contributed by atoms with Crippen molar-refractivity contribution >= 4 is 40.5 Å². The molecule has 0 fully saturated rings. The van der Waals surface area contributed by atoms with E-state index in [4.69, 9.17) is 33.7 Å². The van der Waals surface area contributed by atoms with Crippen LogP contribution in [0.25, 0.3) is 0 Å². The van der Waals surface area contributed by atoms with E-state index in [-0.39, 0.29) is 17.5 Å². The van der Waals surface area contributed by atoms with E-state index in [0.717, 1.165) is 0 Å². The normalized spacial score (nSPS) is 10.1. The highest BCUT2D eigenvalue weighted by Crippen LogP contribution is 2.31. The van der Waals surface area contributed by atoms with Gasteiger partial charge in [-0.2, -0.15) is 0 Å². The molecular weight excluding hydrogens is 299 g/mol. The smallest absolute Gasteiger partial charge is 0.262 e. The molecule has 1 amide bonds. The van der Waals surface area contributed by atoms with Gasteiger partial charge in [0, 0.05) is 0 Å². The van der Waals surface area contributed by atoms with Crippen LogP contribution in [0.4, 0.5) is 11.4 Å². The summed E-state index contributed by atoms with van der Waals surface area (Å²) in [6.45, 7) is -0.186. The van der Waals surface area contributed by atoms with Gasteiger partial charge in [0.25, 0.3) is 5.91 Å². The van der Waals surface area contributed by atoms with Crippen molar-refractivity contribution in [1.29, 1.82) is 0 Å².